The molecule has 0 rings (SSSR count). The van der Waals surface area contributed by atoms with E-state index in [0.29, 0.717) is 92.2 Å². The van der Waals surface area contributed by atoms with Crippen molar-refractivity contribution in [1.82, 2.24) is 9.80 Å². The molecule has 4 N–H and O–H groups in total. The van der Waals surface area contributed by atoms with Crippen LogP contribution in [0.15, 0.2) is 0 Å². The molecule has 71 heavy (non-hydrogen) atoms. The van der Waals surface area contributed by atoms with Crippen LogP contribution in [-0.4, -0.2) is 192 Å². The molecule has 18 heteroatoms. The summed E-state index contributed by atoms with van der Waals surface area (Å²) in [5.74, 6) is -2.36. The van der Waals surface area contributed by atoms with Crippen LogP contribution in [-0.2, 0) is 57.0 Å². The number of esters is 3. The van der Waals surface area contributed by atoms with Gasteiger partial charge in [0.25, 0.3) is 0 Å². The summed E-state index contributed by atoms with van der Waals surface area (Å²) in [4.78, 5) is 41.6. The monoisotopic (exact) mass is 1020 g/mol. The Balaban J connectivity index is 4.85. The second-order valence-corrected chi connectivity index (χ2v) is 18.4. The summed E-state index contributed by atoms with van der Waals surface area (Å²) in [6.07, 6.45) is 19.4. The molecular weight excluding hydrogens is 921 g/mol. The molecule has 3 atom stereocenters. The number of unbranched alkanes of at least 4 members (excludes halogenated alkanes) is 18. The van der Waals surface area contributed by atoms with Crippen LogP contribution >= 0.6 is 0 Å². The van der Waals surface area contributed by atoms with E-state index >= 15 is 0 Å². The van der Waals surface area contributed by atoms with Crippen LogP contribution in [0.4, 0.5) is 0 Å². The number of aliphatic hydroxyl groups is 4. The minimum absolute atomic E-state index is 0.0808. The smallest absolute Gasteiger partial charge is 0.336 e. The van der Waals surface area contributed by atoms with E-state index in [4.69, 9.17) is 42.6 Å². The molecule has 0 amide bonds. The predicted molar refractivity (Wildman–Crippen MR) is 274 cm³/mol. The molecule has 0 heterocycles. The average Bonchev–Trinajstić information content (AvgIpc) is 3.36. The van der Waals surface area contributed by atoms with Gasteiger partial charge in [-0.05, 0) is 96.6 Å². The quantitative estimate of drug-likeness (QED) is 0.0207. The average molecular weight is 1030 g/mol. The van der Waals surface area contributed by atoms with Crippen LogP contribution in [0.2, 0.25) is 0 Å². The van der Waals surface area contributed by atoms with Gasteiger partial charge in [0.2, 0.25) is 0 Å². The van der Waals surface area contributed by atoms with Crippen LogP contribution in [0.3, 0.4) is 0 Å². The van der Waals surface area contributed by atoms with Crippen LogP contribution in [0.1, 0.15) is 181 Å². The number of rotatable bonds is 57. The van der Waals surface area contributed by atoms with Gasteiger partial charge in [-0.25, -0.2) is 14.4 Å². The zero-order chi connectivity index (χ0) is 52.1. The predicted octanol–water partition coefficient (Wildman–Crippen LogP) is 7.08. The number of hydrogen-bond donors (Lipinski definition) is 4. The lowest BCUT2D eigenvalue weighted by molar-refractivity contribution is -0.157. The number of aliphatic hydroxyl groups excluding tert-OH is 4. The molecule has 18 nitrogen and oxygen atoms in total. The topological polar surface area (TPSA) is 222 Å². The maximum atomic E-state index is 12.8. The highest BCUT2D eigenvalue weighted by Gasteiger charge is 2.26. The summed E-state index contributed by atoms with van der Waals surface area (Å²) in [6, 6.07) is 0. The number of carbonyl (C=O) groups is 3. The van der Waals surface area contributed by atoms with E-state index in [1.165, 1.54) is 57.8 Å². The van der Waals surface area contributed by atoms with Crippen LogP contribution in [0.5, 0.6) is 0 Å². The van der Waals surface area contributed by atoms with Gasteiger partial charge in [0.1, 0.15) is 20.4 Å². The Kier molecular flexibility index (Phi) is 52.6. The first kappa shape index (κ1) is 68.9. The van der Waals surface area contributed by atoms with Gasteiger partial charge in [0, 0.05) is 65.8 Å². The molecule has 0 aromatic heterocycles. The Morgan fingerprint density at radius 1 is 0.338 bits per heavy atom. The molecule has 0 bridgehead atoms. The summed E-state index contributed by atoms with van der Waals surface area (Å²) in [6.45, 7) is 11.7. The largest absolute Gasteiger partial charge is 0.464 e. The maximum absolute atomic E-state index is 12.8. The first-order chi connectivity index (χ1) is 34.7. The first-order valence-corrected chi connectivity index (χ1v) is 27.8. The van der Waals surface area contributed by atoms with Crippen molar-refractivity contribution in [2.75, 3.05) is 126 Å². The van der Waals surface area contributed by atoms with Gasteiger partial charge in [0.05, 0.1) is 26.4 Å². The zero-order valence-corrected chi connectivity index (χ0v) is 44.9. The minimum atomic E-state index is -1.54. The molecule has 0 saturated heterocycles. The third kappa shape index (κ3) is 47.4. The second kappa shape index (κ2) is 54.2. The minimum Gasteiger partial charge on any atom is -0.464 e. The van der Waals surface area contributed by atoms with Crippen molar-refractivity contribution in [1.29, 1.82) is 0 Å². The molecule has 0 aromatic carbocycles. The van der Waals surface area contributed by atoms with Crippen LogP contribution in [0.25, 0.3) is 0 Å². The molecule has 0 fully saturated rings. The summed E-state index contributed by atoms with van der Waals surface area (Å²) in [5.41, 5.74) is 0. The summed E-state index contributed by atoms with van der Waals surface area (Å²) >= 11 is 0. The van der Waals surface area contributed by atoms with Gasteiger partial charge in [0.15, 0.2) is 18.3 Å². The second-order valence-electron chi connectivity index (χ2n) is 18.4. The van der Waals surface area contributed by atoms with Crippen molar-refractivity contribution < 1.29 is 77.4 Å². The molecular formula is C53H104N2O16. The molecule has 0 aliphatic carbocycles. The first-order valence-electron chi connectivity index (χ1n) is 27.8. The maximum Gasteiger partial charge on any atom is 0.336 e. The van der Waals surface area contributed by atoms with Crippen molar-refractivity contribution in [2.24, 2.45) is 0 Å². The fraction of sp³-hybridized carbons (Fsp3) is 0.943. The summed E-state index contributed by atoms with van der Waals surface area (Å²) < 4.78 is 49.1. The number of hydrogen-bond acceptors (Lipinski definition) is 18. The van der Waals surface area contributed by atoms with E-state index in [1.807, 2.05) is 0 Å². The fourth-order valence-corrected chi connectivity index (χ4v) is 7.38. The lowest BCUT2D eigenvalue weighted by Crippen LogP contribution is -2.45. The Morgan fingerprint density at radius 2 is 0.592 bits per heavy atom. The molecule has 0 saturated carbocycles. The van der Waals surface area contributed by atoms with Crippen molar-refractivity contribution in [3.8, 4) is 0 Å². The number of carbonyl (C=O) groups excluding carboxylic acids is 3. The van der Waals surface area contributed by atoms with Gasteiger partial charge in [-0.3, -0.25) is 9.80 Å². The molecule has 422 valence electrons. The standard InChI is InChI=1S/C53H104N2O16/c1-4-7-10-19-33-63-45-66-36-22-13-16-25-39-69-51(60)48(57)42-54(31-32-56)29-28-30-55(43-49(58)52(61)70-40-26-17-14-23-37-67-46-64-34-20-11-8-5-2)44-50(59)53(62)71-41-27-18-15-24-38-68-47-65-35-21-12-9-6-3/h48-50,56-59H,4-47H2,1-3H3. The highest BCUT2D eigenvalue weighted by atomic mass is 16.7. The normalized spacial score (nSPS) is 13.0. The van der Waals surface area contributed by atoms with Gasteiger partial charge in [-0.2, -0.15) is 0 Å². The lowest BCUT2D eigenvalue weighted by Gasteiger charge is -2.28. The molecule has 0 aromatic rings. The summed E-state index contributed by atoms with van der Waals surface area (Å²) in [7, 11) is 0. The van der Waals surface area contributed by atoms with Crippen LogP contribution < -0.4 is 0 Å². The highest BCUT2D eigenvalue weighted by molar-refractivity contribution is 5.75. The molecule has 0 spiro atoms. The van der Waals surface area contributed by atoms with Gasteiger partial charge < -0.3 is 63.1 Å². The molecule has 3 unspecified atom stereocenters. The van der Waals surface area contributed by atoms with E-state index < -0.39 is 36.2 Å². The lowest BCUT2D eigenvalue weighted by atomic mass is 10.2. The van der Waals surface area contributed by atoms with Gasteiger partial charge in [-0.1, -0.05) is 97.8 Å². The van der Waals surface area contributed by atoms with E-state index in [9.17, 15) is 34.8 Å². The van der Waals surface area contributed by atoms with E-state index in [0.717, 1.165) is 77.0 Å². The Bertz CT molecular complexity index is 1110. The Labute approximate surface area is 429 Å². The van der Waals surface area contributed by atoms with Crippen molar-refractivity contribution in [2.45, 2.75) is 200 Å². The zero-order valence-electron chi connectivity index (χ0n) is 44.9. The highest BCUT2D eigenvalue weighted by Crippen LogP contribution is 2.09. The van der Waals surface area contributed by atoms with E-state index in [-0.39, 0.29) is 59.2 Å². The van der Waals surface area contributed by atoms with E-state index in [1.54, 1.807) is 9.80 Å². The number of ether oxygens (including phenoxy) is 9. The number of nitrogens with zero attached hydrogens (tertiary/aromatic N) is 2. The Morgan fingerprint density at radius 3 is 0.873 bits per heavy atom. The third-order valence-corrected chi connectivity index (χ3v) is 11.7. The van der Waals surface area contributed by atoms with E-state index in [2.05, 4.69) is 20.8 Å². The summed E-state index contributed by atoms with van der Waals surface area (Å²) in [5, 5.41) is 42.1. The van der Waals surface area contributed by atoms with Gasteiger partial charge in [-0.15, -0.1) is 0 Å². The van der Waals surface area contributed by atoms with Crippen LogP contribution in [0, 0.1) is 0 Å². The van der Waals surface area contributed by atoms with Crippen molar-refractivity contribution >= 4 is 17.9 Å². The Hall–Kier alpha value is -2.07. The molecule has 0 radical (unpaired) electrons. The van der Waals surface area contributed by atoms with Gasteiger partial charge >= 0.3 is 17.9 Å². The SMILES string of the molecule is CCCCCCOCOCCCCCCOC(=O)C(O)CN(CCO)CCCN(CC(O)C(=O)OCCCCCCOCOCCCCCC)CC(O)C(=O)OCCCCCCOCOCCCCCC. The molecule has 0 aliphatic heterocycles. The fourth-order valence-electron chi connectivity index (χ4n) is 7.38. The third-order valence-electron chi connectivity index (χ3n) is 11.7. The van der Waals surface area contributed by atoms with Crippen molar-refractivity contribution in [3.05, 3.63) is 0 Å². The molecule has 0 aliphatic rings. The van der Waals surface area contributed by atoms with Crippen molar-refractivity contribution in [3.63, 3.8) is 0 Å².